The number of pyridine rings is 1. The summed E-state index contributed by atoms with van der Waals surface area (Å²) in [6.45, 7) is 6.22. The molecule has 4 heteroatoms. The molecule has 0 atom stereocenters. The minimum atomic E-state index is -0.137. The average Bonchev–Trinajstić information content (AvgIpc) is 2.10. The maximum Gasteiger partial charge on any atom is 0.126 e. The summed E-state index contributed by atoms with van der Waals surface area (Å²) in [5.41, 5.74) is 0.821. The number of halogens is 1. The lowest BCUT2D eigenvalue weighted by Gasteiger charge is -2.26. The first kappa shape index (κ1) is 12.5. The molecule has 1 rings (SSSR count). The normalized spacial score (nSPS) is 11.5. The fourth-order valence-corrected chi connectivity index (χ4v) is 1.52. The van der Waals surface area contributed by atoms with Gasteiger partial charge in [-0.25, -0.2) is 4.98 Å². The Kier molecular flexibility index (Phi) is 4.11. The van der Waals surface area contributed by atoms with E-state index in [1.54, 1.807) is 0 Å². The van der Waals surface area contributed by atoms with Crippen molar-refractivity contribution in [3.63, 3.8) is 0 Å². The molecule has 0 saturated carbocycles. The third-order valence-electron chi connectivity index (χ3n) is 2.22. The van der Waals surface area contributed by atoms with Crippen molar-refractivity contribution < 1.29 is 5.11 Å². The Morgan fingerprint density at radius 3 is 2.67 bits per heavy atom. The Bertz CT molecular complexity index is 339. The third kappa shape index (κ3) is 3.80. The lowest BCUT2D eigenvalue weighted by Crippen LogP contribution is -2.32. The molecule has 0 amide bonds. The summed E-state index contributed by atoms with van der Waals surface area (Å²) in [7, 11) is 0. The zero-order chi connectivity index (χ0) is 11.5. The number of anilines is 1. The van der Waals surface area contributed by atoms with Crippen molar-refractivity contribution in [2.45, 2.75) is 32.7 Å². The molecule has 2 N–H and O–H groups in total. The summed E-state index contributed by atoms with van der Waals surface area (Å²) in [5, 5.41) is 12.2. The summed E-state index contributed by atoms with van der Waals surface area (Å²) >= 11 is 3.41. The monoisotopic (exact) mass is 272 g/mol. The van der Waals surface area contributed by atoms with Gasteiger partial charge in [-0.15, -0.1) is 0 Å². The van der Waals surface area contributed by atoms with Gasteiger partial charge in [-0.2, -0.15) is 0 Å². The summed E-state index contributed by atoms with van der Waals surface area (Å²) in [4.78, 5) is 4.40. The van der Waals surface area contributed by atoms with Crippen molar-refractivity contribution in [2.24, 2.45) is 0 Å². The minimum Gasteiger partial charge on any atom is -0.396 e. The average molecular weight is 273 g/mol. The summed E-state index contributed by atoms with van der Waals surface area (Å²) in [5.74, 6) is 0.842. The van der Waals surface area contributed by atoms with Gasteiger partial charge in [0.05, 0.1) is 5.69 Å². The SMILES string of the molecule is Cc1nc(NC(C)(C)CCO)ccc1Br. The molecule has 0 fully saturated rings. The van der Waals surface area contributed by atoms with Gasteiger partial charge in [0.2, 0.25) is 0 Å². The Morgan fingerprint density at radius 1 is 1.47 bits per heavy atom. The number of nitrogens with one attached hydrogen (secondary N) is 1. The first-order chi connectivity index (χ1) is 6.94. The van der Waals surface area contributed by atoms with Crippen molar-refractivity contribution in [1.82, 2.24) is 4.98 Å². The minimum absolute atomic E-state index is 0.137. The number of rotatable bonds is 4. The number of aliphatic hydroxyl groups excluding tert-OH is 1. The van der Waals surface area contributed by atoms with Gasteiger partial charge in [0, 0.05) is 16.6 Å². The maximum atomic E-state index is 8.91. The van der Waals surface area contributed by atoms with Crippen LogP contribution >= 0.6 is 15.9 Å². The molecule has 0 aliphatic heterocycles. The van der Waals surface area contributed by atoms with Gasteiger partial charge in [0.25, 0.3) is 0 Å². The van der Waals surface area contributed by atoms with Crippen LogP contribution < -0.4 is 5.32 Å². The van der Waals surface area contributed by atoms with Crippen molar-refractivity contribution in [3.8, 4) is 0 Å². The molecule has 0 bridgehead atoms. The van der Waals surface area contributed by atoms with E-state index >= 15 is 0 Å². The van der Waals surface area contributed by atoms with Gasteiger partial charge in [0.1, 0.15) is 5.82 Å². The number of hydrogen-bond acceptors (Lipinski definition) is 3. The van der Waals surface area contributed by atoms with Crippen LogP contribution in [0, 0.1) is 6.92 Å². The van der Waals surface area contributed by atoms with Crippen molar-refractivity contribution in [1.29, 1.82) is 0 Å². The van der Waals surface area contributed by atoms with Crippen LogP contribution in [0.15, 0.2) is 16.6 Å². The molecule has 0 radical (unpaired) electrons. The molecule has 0 aliphatic rings. The van der Waals surface area contributed by atoms with Crippen LogP contribution in [0.2, 0.25) is 0 Å². The molecule has 3 nitrogen and oxygen atoms in total. The molecular formula is C11H17BrN2O. The van der Waals surface area contributed by atoms with E-state index in [9.17, 15) is 0 Å². The molecule has 15 heavy (non-hydrogen) atoms. The molecular weight excluding hydrogens is 256 g/mol. The van der Waals surface area contributed by atoms with E-state index < -0.39 is 0 Å². The summed E-state index contributed by atoms with van der Waals surface area (Å²) in [6.07, 6.45) is 0.698. The van der Waals surface area contributed by atoms with Crippen LogP contribution in [-0.4, -0.2) is 22.2 Å². The molecule has 1 aromatic rings. The molecule has 0 saturated heterocycles. The number of aryl methyl sites for hydroxylation is 1. The molecule has 0 spiro atoms. The molecule has 1 heterocycles. The predicted molar refractivity (Wildman–Crippen MR) is 66.1 cm³/mol. The third-order valence-corrected chi connectivity index (χ3v) is 3.06. The van der Waals surface area contributed by atoms with Crippen LogP contribution in [0.4, 0.5) is 5.82 Å². The Morgan fingerprint density at radius 2 is 2.13 bits per heavy atom. The van der Waals surface area contributed by atoms with Gasteiger partial charge >= 0.3 is 0 Å². The second-order valence-corrected chi connectivity index (χ2v) is 5.10. The molecule has 0 aliphatic carbocycles. The van der Waals surface area contributed by atoms with Crippen LogP contribution in [0.5, 0.6) is 0 Å². The van der Waals surface area contributed by atoms with E-state index in [1.807, 2.05) is 32.9 Å². The molecule has 1 aromatic heterocycles. The lowest BCUT2D eigenvalue weighted by atomic mass is 10.0. The Labute approximate surface area is 99.1 Å². The van der Waals surface area contributed by atoms with Crippen LogP contribution in [0.25, 0.3) is 0 Å². The number of hydrogen-bond donors (Lipinski definition) is 2. The first-order valence-corrected chi connectivity index (χ1v) is 5.76. The van der Waals surface area contributed by atoms with Gasteiger partial charge in [0.15, 0.2) is 0 Å². The highest BCUT2D eigenvalue weighted by Crippen LogP contribution is 2.20. The maximum absolute atomic E-state index is 8.91. The van der Waals surface area contributed by atoms with E-state index in [2.05, 4.69) is 26.2 Å². The molecule has 0 unspecified atom stereocenters. The molecule has 0 aromatic carbocycles. The first-order valence-electron chi connectivity index (χ1n) is 4.97. The van der Waals surface area contributed by atoms with Crippen LogP contribution in [0.3, 0.4) is 0 Å². The Hall–Kier alpha value is -0.610. The van der Waals surface area contributed by atoms with E-state index in [1.165, 1.54) is 0 Å². The predicted octanol–water partition coefficient (Wildman–Crippen LogP) is 2.73. The fraction of sp³-hybridized carbons (Fsp3) is 0.545. The van der Waals surface area contributed by atoms with E-state index in [0.717, 1.165) is 16.0 Å². The zero-order valence-corrected chi connectivity index (χ0v) is 10.9. The number of nitrogens with zero attached hydrogens (tertiary/aromatic N) is 1. The van der Waals surface area contributed by atoms with Crippen molar-refractivity contribution in [3.05, 3.63) is 22.3 Å². The number of aliphatic hydroxyl groups is 1. The van der Waals surface area contributed by atoms with E-state index in [4.69, 9.17) is 5.11 Å². The van der Waals surface area contributed by atoms with Gasteiger partial charge < -0.3 is 10.4 Å². The lowest BCUT2D eigenvalue weighted by molar-refractivity contribution is 0.260. The Balaban J connectivity index is 2.76. The smallest absolute Gasteiger partial charge is 0.126 e. The summed E-state index contributed by atoms with van der Waals surface area (Å²) < 4.78 is 1.01. The van der Waals surface area contributed by atoms with Crippen molar-refractivity contribution >= 4 is 21.7 Å². The van der Waals surface area contributed by atoms with Crippen LogP contribution in [0.1, 0.15) is 26.0 Å². The van der Waals surface area contributed by atoms with E-state index in [-0.39, 0.29) is 12.1 Å². The zero-order valence-electron chi connectivity index (χ0n) is 9.34. The van der Waals surface area contributed by atoms with Crippen LogP contribution in [-0.2, 0) is 0 Å². The highest BCUT2D eigenvalue weighted by Gasteiger charge is 2.17. The highest BCUT2D eigenvalue weighted by molar-refractivity contribution is 9.10. The highest BCUT2D eigenvalue weighted by atomic mass is 79.9. The molecule has 84 valence electrons. The van der Waals surface area contributed by atoms with Gasteiger partial charge in [-0.3, -0.25) is 0 Å². The van der Waals surface area contributed by atoms with Gasteiger partial charge in [-0.05, 0) is 55.3 Å². The van der Waals surface area contributed by atoms with Crippen molar-refractivity contribution in [2.75, 3.05) is 11.9 Å². The second-order valence-electron chi connectivity index (χ2n) is 4.25. The topological polar surface area (TPSA) is 45.2 Å². The largest absolute Gasteiger partial charge is 0.396 e. The standard InChI is InChI=1S/C11H17BrN2O/c1-8-9(12)4-5-10(13-8)14-11(2,3)6-7-15/h4-5,15H,6-7H2,1-3H3,(H,13,14). The number of aromatic nitrogens is 1. The summed E-state index contributed by atoms with van der Waals surface area (Å²) in [6, 6.07) is 3.90. The quantitative estimate of drug-likeness (QED) is 0.886. The fourth-order valence-electron chi connectivity index (χ4n) is 1.30. The van der Waals surface area contributed by atoms with E-state index in [0.29, 0.717) is 6.42 Å². The van der Waals surface area contributed by atoms with Gasteiger partial charge in [-0.1, -0.05) is 0 Å². The second kappa shape index (κ2) is 4.94.